The predicted molar refractivity (Wildman–Crippen MR) is 81.3 cm³/mol. The highest BCUT2D eigenvalue weighted by atomic mass is 16.2. The first-order valence-corrected chi connectivity index (χ1v) is 7.41. The quantitative estimate of drug-likeness (QED) is 0.764. The highest BCUT2D eigenvalue weighted by molar-refractivity contribution is 5.81. The van der Waals surface area contributed by atoms with E-state index in [0.717, 1.165) is 0 Å². The van der Waals surface area contributed by atoms with E-state index in [1.54, 1.807) is 11.9 Å². The normalized spacial score (nSPS) is 17.8. The van der Waals surface area contributed by atoms with E-state index in [0.29, 0.717) is 30.5 Å². The van der Waals surface area contributed by atoms with E-state index in [-0.39, 0.29) is 36.3 Å². The van der Waals surface area contributed by atoms with Crippen LogP contribution in [0.4, 0.5) is 0 Å². The van der Waals surface area contributed by atoms with Crippen molar-refractivity contribution in [2.75, 3.05) is 13.1 Å². The van der Waals surface area contributed by atoms with Crippen molar-refractivity contribution in [2.24, 2.45) is 18.7 Å². The minimum absolute atomic E-state index is 0.0908. The lowest BCUT2D eigenvalue weighted by Gasteiger charge is -2.16. The molecule has 0 aliphatic carbocycles. The molecule has 1 atom stereocenters. The summed E-state index contributed by atoms with van der Waals surface area (Å²) in [6.07, 6.45) is 3.68. The number of nitrogens with two attached hydrogens (primary N) is 1. The summed E-state index contributed by atoms with van der Waals surface area (Å²) in [5.74, 6) is -0.732. The summed E-state index contributed by atoms with van der Waals surface area (Å²) in [4.78, 5) is 41.4. The van der Waals surface area contributed by atoms with Crippen LogP contribution in [-0.2, 0) is 23.2 Å². The molecule has 1 unspecified atom stereocenters. The van der Waals surface area contributed by atoms with E-state index in [9.17, 15) is 14.4 Å². The molecule has 1 fully saturated rings. The van der Waals surface area contributed by atoms with Gasteiger partial charge in [0.1, 0.15) is 5.39 Å². The van der Waals surface area contributed by atoms with Crippen molar-refractivity contribution in [3.8, 4) is 0 Å². The van der Waals surface area contributed by atoms with Crippen molar-refractivity contribution in [1.29, 1.82) is 0 Å². The molecule has 0 aromatic carbocycles. The lowest BCUT2D eigenvalue weighted by Crippen LogP contribution is -2.33. The number of nitrogens with zero attached hydrogens (tertiary/aromatic N) is 5. The molecule has 2 N–H and O–H groups in total. The Morgan fingerprint density at radius 1 is 1.43 bits per heavy atom. The monoisotopic (exact) mass is 318 g/mol. The van der Waals surface area contributed by atoms with Gasteiger partial charge in [0, 0.05) is 33.1 Å². The van der Waals surface area contributed by atoms with Gasteiger partial charge in [-0.3, -0.25) is 23.6 Å². The Labute approximate surface area is 131 Å². The highest BCUT2D eigenvalue weighted by Crippen LogP contribution is 2.16. The standard InChI is InChI=1S/C14H18N6O3/c1-18-13-10(6-17-18)14(23)20(8-16-13)5-3-11(21)19-4-2-9(7-19)12(15)22/h6,8-9H,2-5,7H2,1H3,(H2,15,22). The van der Waals surface area contributed by atoms with Gasteiger partial charge in [0.15, 0.2) is 5.65 Å². The van der Waals surface area contributed by atoms with Crippen LogP contribution in [0.3, 0.4) is 0 Å². The van der Waals surface area contributed by atoms with Gasteiger partial charge in [0.2, 0.25) is 11.8 Å². The van der Waals surface area contributed by atoms with Gasteiger partial charge >= 0.3 is 0 Å². The van der Waals surface area contributed by atoms with E-state index >= 15 is 0 Å². The molecule has 23 heavy (non-hydrogen) atoms. The number of aromatic nitrogens is 4. The van der Waals surface area contributed by atoms with Gasteiger partial charge in [-0.05, 0) is 6.42 Å². The average molecular weight is 318 g/mol. The summed E-state index contributed by atoms with van der Waals surface area (Å²) in [5, 5.41) is 4.43. The van der Waals surface area contributed by atoms with Gasteiger partial charge in [-0.25, -0.2) is 4.98 Å². The number of hydrogen-bond donors (Lipinski definition) is 1. The van der Waals surface area contributed by atoms with Gasteiger partial charge < -0.3 is 10.6 Å². The lowest BCUT2D eigenvalue weighted by molar-refractivity contribution is -0.130. The minimum Gasteiger partial charge on any atom is -0.369 e. The average Bonchev–Trinajstić information content (AvgIpc) is 3.14. The number of fused-ring (bicyclic) bond motifs is 1. The van der Waals surface area contributed by atoms with Gasteiger partial charge in [-0.2, -0.15) is 5.10 Å². The van der Waals surface area contributed by atoms with Crippen LogP contribution in [-0.4, -0.2) is 49.1 Å². The Bertz CT molecular complexity index is 824. The molecule has 3 heterocycles. The van der Waals surface area contributed by atoms with Crippen LogP contribution in [0.2, 0.25) is 0 Å². The molecule has 0 bridgehead atoms. The first-order valence-electron chi connectivity index (χ1n) is 7.41. The van der Waals surface area contributed by atoms with E-state index < -0.39 is 0 Å². The molecule has 9 nitrogen and oxygen atoms in total. The zero-order valence-corrected chi connectivity index (χ0v) is 12.8. The molecule has 0 saturated carbocycles. The molecule has 2 aromatic heterocycles. The number of aryl methyl sites for hydroxylation is 2. The smallest absolute Gasteiger partial charge is 0.264 e. The van der Waals surface area contributed by atoms with Crippen molar-refractivity contribution >= 4 is 22.8 Å². The van der Waals surface area contributed by atoms with Gasteiger partial charge in [0.25, 0.3) is 5.56 Å². The van der Waals surface area contributed by atoms with Crippen molar-refractivity contribution in [2.45, 2.75) is 19.4 Å². The molecule has 0 radical (unpaired) electrons. The third-order valence-corrected chi connectivity index (χ3v) is 4.23. The van der Waals surface area contributed by atoms with Gasteiger partial charge in [-0.1, -0.05) is 0 Å². The zero-order chi connectivity index (χ0) is 16.6. The maximum Gasteiger partial charge on any atom is 0.264 e. The number of primary amides is 1. The van der Waals surface area contributed by atoms with Crippen LogP contribution in [0.25, 0.3) is 11.0 Å². The topological polar surface area (TPSA) is 116 Å². The Kier molecular flexibility index (Phi) is 3.85. The number of amides is 2. The van der Waals surface area contributed by atoms with Crippen LogP contribution >= 0.6 is 0 Å². The van der Waals surface area contributed by atoms with Gasteiger partial charge in [0.05, 0.1) is 18.4 Å². The van der Waals surface area contributed by atoms with Crippen LogP contribution in [0.1, 0.15) is 12.8 Å². The zero-order valence-electron chi connectivity index (χ0n) is 12.8. The third-order valence-electron chi connectivity index (χ3n) is 4.23. The summed E-state index contributed by atoms with van der Waals surface area (Å²) in [7, 11) is 1.71. The highest BCUT2D eigenvalue weighted by Gasteiger charge is 2.29. The first kappa shape index (κ1) is 15.2. The maximum absolute atomic E-state index is 12.3. The van der Waals surface area contributed by atoms with Crippen LogP contribution < -0.4 is 11.3 Å². The molecule has 1 saturated heterocycles. The summed E-state index contributed by atoms with van der Waals surface area (Å²) in [6, 6.07) is 0. The molecule has 1 aliphatic rings. The molecule has 1 aliphatic heterocycles. The largest absolute Gasteiger partial charge is 0.369 e. The summed E-state index contributed by atoms with van der Waals surface area (Å²) < 4.78 is 2.93. The first-order chi connectivity index (χ1) is 11.0. The Morgan fingerprint density at radius 3 is 2.91 bits per heavy atom. The van der Waals surface area contributed by atoms with Crippen LogP contribution in [0, 0.1) is 5.92 Å². The fourth-order valence-corrected chi connectivity index (χ4v) is 2.82. The molecule has 2 aromatic rings. The second kappa shape index (κ2) is 5.82. The van der Waals surface area contributed by atoms with E-state index in [1.807, 2.05) is 0 Å². The number of rotatable bonds is 4. The SMILES string of the molecule is Cn1ncc2c(=O)n(CCC(=O)N3CCC(C(N)=O)C3)cnc21. The summed E-state index contributed by atoms with van der Waals surface area (Å²) in [6.45, 7) is 1.14. The van der Waals surface area contributed by atoms with Crippen LogP contribution in [0.15, 0.2) is 17.3 Å². The third kappa shape index (κ3) is 2.81. The molecule has 122 valence electrons. The minimum atomic E-state index is -0.372. The van der Waals surface area contributed by atoms with Crippen LogP contribution in [0.5, 0.6) is 0 Å². The molecular formula is C14H18N6O3. The fraction of sp³-hybridized carbons (Fsp3) is 0.500. The Morgan fingerprint density at radius 2 is 2.22 bits per heavy atom. The molecular weight excluding hydrogens is 300 g/mol. The van der Waals surface area contributed by atoms with Crippen molar-refractivity contribution in [3.63, 3.8) is 0 Å². The molecule has 9 heteroatoms. The molecule has 2 amide bonds. The number of likely N-dealkylation sites (tertiary alicyclic amines) is 1. The maximum atomic E-state index is 12.3. The van der Waals surface area contributed by atoms with Crippen molar-refractivity contribution in [1.82, 2.24) is 24.2 Å². The summed E-state index contributed by atoms with van der Waals surface area (Å²) in [5.41, 5.74) is 5.56. The molecule has 0 spiro atoms. The van der Waals surface area contributed by atoms with E-state index in [1.165, 1.54) is 21.8 Å². The van der Waals surface area contributed by atoms with E-state index in [4.69, 9.17) is 5.73 Å². The fourth-order valence-electron chi connectivity index (χ4n) is 2.82. The van der Waals surface area contributed by atoms with Gasteiger partial charge in [-0.15, -0.1) is 0 Å². The second-order valence-corrected chi connectivity index (χ2v) is 5.73. The number of hydrogen-bond acceptors (Lipinski definition) is 5. The predicted octanol–water partition coefficient (Wildman–Crippen LogP) is -1.15. The second-order valence-electron chi connectivity index (χ2n) is 5.73. The Hall–Kier alpha value is -2.71. The number of carbonyl (C=O) groups is 2. The van der Waals surface area contributed by atoms with E-state index in [2.05, 4.69) is 10.1 Å². The van der Waals surface area contributed by atoms with Crippen molar-refractivity contribution in [3.05, 3.63) is 22.9 Å². The van der Waals surface area contributed by atoms with Crippen molar-refractivity contribution < 1.29 is 9.59 Å². The lowest BCUT2D eigenvalue weighted by atomic mass is 10.1. The summed E-state index contributed by atoms with van der Waals surface area (Å²) >= 11 is 0. The number of carbonyl (C=O) groups excluding carboxylic acids is 2. The molecule has 3 rings (SSSR count). The Balaban J connectivity index is 1.67.